The maximum Gasteiger partial charge on any atom is 0.341 e. The lowest BCUT2D eigenvalue weighted by Gasteiger charge is -2.06. The molecule has 0 spiro atoms. The van der Waals surface area contributed by atoms with Gasteiger partial charge in [0.15, 0.2) is 6.61 Å². The van der Waals surface area contributed by atoms with Gasteiger partial charge in [0.2, 0.25) is 5.91 Å². The number of aryl methyl sites for hydroxylation is 1. The van der Waals surface area contributed by atoms with Gasteiger partial charge in [-0.15, -0.1) is 11.3 Å². The average molecular weight is 333 g/mol. The van der Waals surface area contributed by atoms with Crippen molar-refractivity contribution in [2.45, 2.75) is 13.3 Å². The molecule has 1 aromatic carbocycles. The maximum absolute atomic E-state index is 11.7. The third-order valence-electron chi connectivity index (χ3n) is 2.64. The highest BCUT2D eigenvalue weighted by atomic mass is 32.1. The van der Waals surface area contributed by atoms with E-state index in [-0.39, 0.29) is 12.3 Å². The van der Waals surface area contributed by atoms with Gasteiger partial charge in [-0.1, -0.05) is 12.1 Å². The first kappa shape index (κ1) is 16.6. The summed E-state index contributed by atoms with van der Waals surface area (Å²) in [6.07, 6.45) is 1.56. The molecular weight excluding hydrogens is 318 g/mol. The molecule has 0 atom stereocenters. The molecule has 0 bridgehead atoms. The molecule has 0 aliphatic heterocycles. The Balaban J connectivity index is 1.92. The summed E-state index contributed by atoms with van der Waals surface area (Å²) < 4.78 is 5.14. The van der Waals surface area contributed by atoms with Crippen LogP contribution in [-0.4, -0.2) is 34.8 Å². The summed E-state index contributed by atoms with van der Waals surface area (Å²) in [4.78, 5) is 26.5. The molecule has 1 aromatic heterocycles. The number of nitrogens with zero attached hydrogens (tertiary/aromatic N) is 2. The van der Waals surface area contributed by atoms with Gasteiger partial charge in [0, 0.05) is 16.6 Å². The van der Waals surface area contributed by atoms with Gasteiger partial charge in [0.25, 0.3) is 0 Å². The molecule has 1 heterocycles. The Bertz CT molecular complexity index is 727. The number of carboxylic acid groups (broad SMARTS) is 1. The molecule has 0 saturated heterocycles. The molecule has 8 heteroatoms. The summed E-state index contributed by atoms with van der Waals surface area (Å²) in [5.74, 6) is -0.966. The van der Waals surface area contributed by atoms with E-state index in [1.807, 2.05) is 12.3 Å². The second-order valence-electron chi connectivity index (χ2n) is 4.57. The van der Waals surface area contributed by atoms with E-state index in [0.717, 1.165) is 10.7 Å². The van der Waals surface area contributed by atoms with Crippen LogP contribution in [0.1, 0.15) is 16.3 Å². The predicted octanol–water partition coefficient (Wildman–Crippen LogP) is 1.61. The van der Waals surface area contributed by atoms with E-state index < -0.39 is 12.6 Å². The van der Waals surface area contributed by atoms with E-state index in [4.69, 9.17) is 9.84 Å². The van der Waals surface area contributed by atoms with Crippen molar-refractivity contribution in [1.29, 1.82) is 0 Å². The molecule has 1 amide bonds. The molecule has 120 valence electrons. The van der Waals surface area contributed by atoms with Crippen LogP contribution in [0.4, 0.5) is 0 Å². The molecule has 2 rings (SSSR count). The number of carbonyl (C=O) groups is 2. The van der Waals surface area contributed by atoms with Gasteiger partial charge >= 0.3 is 5.97 Å². The molecule has 0 aliphatic rings. The lowest BCUT2D eigenvalue weighted by Crippen LogP contribution is -2.19. The van der Waals surface area contributed by atoms with Gasteiger partial charge in [0.05, 0.1) is 12.6 Å². The fourth-order valence-corrected chi connectivity index (χ4v) is 2.46. The molecule has 23 heavy (non-hydrogen) atoms. The van der Waals surface area contributed by atoms with Crippen molar-refractivity contribution in [3.63, 3.8) is 0 Å². The Morgan fingerprint density at radius 3 is 2.91 bits per heavy atom. The normalized spacial score (nSPS) is 10.7. The van der Waals surface area contributed by atoms with Crippen LogP contribution in [0.25, 0.3) is 0 Å². The standard InChI is InChI=1S/C15H15N3O4S/c1-10-9-23-14(17-10)6-13(19)18-16-7-11-4-2-3-5-12(11)22-8-15(20)21/h2-5,7,9H,6,8H2,1H3,(H,18,19)(H,20,21)/b16-7-. The van der Waals surface area contributed by atoms with Crippen molar-refractivity contribution >= 4 is 29.4 Å². The number of nitrogens with one attached hydrogen (secondary N) is 1. The van der Waals surface area contributed by atoms with Crippen molar-refractivity contribution in [2.24, 2.45) is 5.10 Å². The van der Waals surface area contributed by atoms with Crippen LogP contribution < -0.4 is 10.2 Å². The molecule has 2 aromatic rings. The number of aliphatic carboxylic acids is 1. The summed E-state index contributed by atoms with van der Waals surface area (Å²) >= 11 is 1.42. The smallest absolute Gasteiger partial charge is 0.341 e. The quantitative estimate of drug-likeness (QED) is 0.592. The van der Waals surface area contributed by atoms with E-state index in [1.165, 1.54) is 17.6 Å². The summed E-state index contributed by atoms with van der Waals surface area (Å²) in [7, 11) is 0. The van der Waals surface area contributed by atoms with Gasteiger partial charge in [-0.05, 0) is 19.1 Å². The van der Waals surface area contributed by atoms with Crippen molar-refractivity contribution in [1.82, 2.24) is 10.4 Å². The number of hydrogen-bond donors (Lipinski definition) is 2. The van der Waals surface area contributed by atoms with Crippen LogP contribution >= 0.6 is 11.3 Å². The molecule has 2 N–H and O–H groups in total. The fraction of sp³-hybridized carbons (Fsp3) is 0.200. The SMILES string of the molecule is Cc1csc(CC(=O)N/N=C\c2ccccc2OCC(=O)O)n1. The van der Waals surface area contributed by atoms with E-state index in [9.17, 15) is 9.59 Å². The number of ether oxygens (including phenoxy) is 1. The monoisotopic (exact) mass is 333 g/mol. The summed E-state index contributed by atoms with van der Waals surface area (Å²) in [5.41, 5.74) is 3.86. The summed E-state index contributed by atoms with van der Waals surface area (Å²) in [6.45, 7) is 1.42. The lowest BCUT2D eigenvalue weighted by molar-refractivity contribution is -0.139. The lowest BCUT2D eigenvalue weighted by atomic mass is 10.2. The van der Waals surface area contributed by atoms with E-state index in [2.05, 4.69) is 15.5 Å². The number of thiazole rings is 1. The number of rotatable bonds is 7. The van der Waals surface area contributed by atoms with Gasteiger partial charge < -0.3 is 9.84 Å². The van der Waals surface area contributed by atoms with Gasteiger partial charge in [0.1, 0.15) is 10.8 Å². The Morgan fingerprint density at radius 1 is 1.43 bits per heavy atom. The first-order valence-electron chi connectivity index (χ1n) is 6.71. The van der Waals surface area contributed by atoms with E-state index >= 15 is 0 Å². The number of benzene rings is 1. The van der Waals surface area contributed by atoms with Gasteiger partial charge in [-0.25, -0.2) is 15.2 Å². The maximum atomic E-state index is 11.7. The van der Waals surface area contributed by atoms with Gasteiger partial charge in [-0.3, -0.25) is 4.79 Å². The number of amides is 1. The minimum absolute atomic E-state index is 0.160. The third-order valence-corrected chi connectivity index (χ3v) is 3.61. The largest absolute Gasteiger partial charge is 0.481 e. The number of carbonyl (C=O) groups excluding carboxylic acids is 1. The van der Waals surface area contributed by atoms with Crippen LogP contribution in [0.15, 0.2) is 34.7 Å². The van der Waals surface area contributed by atoms with Crippen LogP contribution in [0, 0.1) is 6.92 Å². The molecule has 0 aliphatic carbocycles. The van der Waals surface area contributed by atoms with Crippen LogP contribution in [0.3, 0.4) is 0 Å². The predicted molar refractivity (Wildman–Crippen MR) is 85.9 cm³/mol. The molecule has 0 radical (unpaired) electrons. The number of carboxylic acids is 1. The third kappa shape index (κ3) is 5.51. The van der Waals surface area contributed by atoms with Crippen molar-refractivity contribution in [3.05, 3.63) is 45.9 Å². The van der Waals surface area contributed by atoms with E-state index in [1.54, 1.807) is 24.3 Å². The Labute approximate surface area is 136 Å². The highest BCUT2D eigenvalue weighted by Crippen LogP contribution is 2.15. The second kappa shape index (κ2) is 8.04. The number of hydrazone groups is 1. The zero-order valence-electron chi connectivity index (χ0n) is 12.4. The first-order chi connectivity index (χ1) is 11.0. The Kier molecular flexibility index (Phi) is 5.81. The average Bonchev–Trinajstić information content (AvgIpc) is 2.91. The highest BCUT2D eigenvalue weighted by molar-refractivity contribution is 7.09. The molecule has 0 unspecified atom stereocenters. The minimum atomic E-state index is -1.07. The summed E-state index contributed by atoms with van der Waals surface area (Å²) in [5, 5.41) is 15.1. The Hall–Kier alpha value is -2.74. The van der Waals surface area contributed by atoms with Crippen molar-refractivity contribution in [3.8, 4) is 5.75 Å². The number of hydrogen-bond acceptors (Lipinski definition) is 6. The summed E-state index contributed by atoms with van der Waals surface area (Å²) in [6, 6.07) is 6.81. The highest BCUT2D eigenvalue weighted by Gasteiger charge is 2.06. The zero-order chi connectivity index (χ0) is 16.7. The zero-order valence-corrected chi connectivity index (χ0v) is 13.2. The van der Waals surface area contributed by atoms with Crippen molar-refractivity contribution < 1.29 is 19.4 Å². The number of para-hydroxylation sites is 1. The second-order valence-corrected chi connectivity index (χ2v) is 5.52. The minimum Gasteiger partial charge on any atom is -0.481 e. The van der Waals surface area contributed by atoms with Crippen LogP contribution in [-0.2, 0) is 16.0 Å². The van der Waals surface area contributed by atoms with Gasteiger partial charge in [-0.2, -0.15) is 5.10 Å². The van der Waals surface area contributed by atoms with E-state index in [0.29, 0.717) is 11.3 Å². The van der Waals surface area contributed by atoms with Crippen LogP contribution in [0.2, 0.25) is 0 Å². The molecule has 0 fully saturated rings. The molecular formula is C15H15N3O4S. The molecule has 0 saturated carbocycles. The first-order valence-corrected chi connectivity index (χ1v) is 7.59. The molecule has 7 nitrogen and oxygen atoms in total. The van der Waals surface area contributed by atoms with Crippen LogP contribution in [0.5, 0.6) is 5.75 Å². The Morgan fingerprint density at radius 2 is 2.22 bits per heavy atom. The number of aromatic nitrogens is 1. The topological polar surface area (TPSA) is 101 Å². The fourth-order valence-electron chi connectivity index (χ4n) is 1.69. The van der Waals surface area contributed by atoms with Crippen molar-refractivity contribution in [2.75, 3.05) is 6.61 Å².